The Morgan fingerprint density at radius 1 is 1.15 bits per heavy atom. The van der Waals surface area contributed by atoms with E-state index >= 15 is 0 Å². The zero-order chi connectivity index (χ0) is 14.6. The molecule has 0 aliphatic carbocycles. The van der Waals surface area contributed by atoms with Crippen LogP contribution in [0, 0.1) is 0 Å². The average molecular weight is 364 g/mol. The van der Waals surface area contributed by atoms with E-state index in [0.717, 1.165) is 29.2 Å². The number of aromatic nitrogens is 3. The van der Waals surface area contributed by atoms with Crippen LogP contribution in [0.5, 0.6) is 0 Å². The molecule has 0 bridgehead atoms. The molecular weight excluding hydrogens is 338 g/mol. The van der Waals surface area contributed by atoms with Crippen LogP contribution >= 0.6 is 27.7 Å². The number of hydrogen-bond donors (Lipinski definition) is 1. The van der Waals surface area contributed by atoms with Crippen LogP contribution in [0.15, 0.2) is 9.95 Å². The summed E-state index contributed by atoms with van der Waals surface area (Å²) >= 11 is 5.15. The first-order valence-corrected chi connectivity index (χ1v) is 9.74. The second-order valence-electron chi connectivity index (χ2n) is 4.98. The van der Waals surface area contributed by atoms with Gasteiger partial charge in [0.05, 0.1) is 0 Å². The second-order valence-corrected chi connectivity index (χ2v) is 6.83. The van der Waals surface area contributed by atoms with Crippen molar-refractivity contribution in [3.63, 3.8) is 0 Å². The topological polar surface area (TPSA) is 50.7 Å². The minimum atomic E-state index is -0.0823. The number of H-pyrrole nitrogens is 1. The summed E-state index contributed by atoms with van der Waals surface area (Å²) in [5, 5.41) is 8.60. The van der Waals surface area contributed by atoms with Crippen LogP contribution in [0.2, 0.25) is 0 Å². The molecule has 0 saturated carbocycles. The highest BCUT2D eigenvalue weighted by Crippen LogP contribution is 2.17. The van der Waals surface area contributed by atoms with Crippen LogP contribution in [0.1, 0.15) is 58.3 Å². The van der Waals surface area contributed by atoms with Crippen LogP contribution in [-0.2, 0) is 6.54 Å². The number of nitrogens with zero attached hydrogens (tertiary/aromatic N) is 2. The monoisotopic (exact) mass is 363 g/mol. The number of halogens is 1. The van der Waals surface area contributed by atoms with Crippen LogP contribution in [0.3, 0.4) is 0 Å². The van der Waals surface area contributed by atoms with Gasteiger partial charge in [0, 0.05) is 17.6 Å². The van der Waals surface area contributed by atoms with Crippen molar-refractivity contribution in [2.24, 2.45) is 0 Å². The summed E-state index contributed by atoms with van der Waals surface area (Å²) in [6.45, 7) is 2.83. The number of nitrogens with one attached hydrogen (secondary N) is 1. The first-order valence-electron chi connectivity index (χ1n) is 7.63. The van der Waals surface area contributed by atoms with Crippen LogP contribution < -0.4 is 5.69 Å². The molecule has 0 radical (unpaired) electrons. The summed E-state index contributed by atoms with van der Waals surface area (Å²) in [5.41, 5.74) is -0.0823. The minimum Gasteiger partial charge on any atom is -0.270 e. The summed E-state index contributed by atoms with van der Waals surface area (Å²) < 4.78 is 1.74. The average Bonchev–Trinajstić information content (AvgIpc) is 2.79. The number of hydrogen-bond acceptors (Lipinski definition) is 3. The standard InChI is InChI=1S/C14H26BrN3OS/c1-2-11-18-13(19)16-17-14(18)20-12-9-7-5-3-4-6-8-10-15/h2-12H2,1H3,(H,16,19). The Balaban J connectivity index is 2.08. The molecule has 4 nitrogen and oxygen atoms in total. The van der Waals surface area contributed by atoms with E-state index < -0.39 is 0 Å². The molecule has 0 aliphatic rings. The van der Waals surface area contributed by atoms with E-state index in [1.165, 1.54) is 44.9 Å². The molecular formula is C14H26BrN3OS. The molecule has 6 heteroatoms. The Hall–Kier alpha value is -0.230. The van der Waals surface area contributed by atoms with Crippen molar-refractivity contribution in [3.8, 4) is 0 Å². The van der Waals surface area contributed by atoms with Crippen molar-refractivity contribution in [1.29, 1.82) is 0 Å². The van der Waals surface area contributed by atoms with E-state index in [-0.39, 0.29) is 5.69 Å². The first-order chi connectivity index (χ1) is 9.79. The number of rotatable bonds is 12. The van der Waals surface area contributed by atoms with Crippen molar-refractivity contribution in [1.82, 2.24) is 14.8 Å². The summed E-state index contributed by atoms with van der Waals surface area (Å²) in [7, 11) is 0. The molecule has 0 unspecified atom stereocenters. The normalized spacial score (nSPS) is 11.1. The molecule has 1 aromatic rings. The Labute approximate surface area is 134 Å². The van der Waals surface area contributed by atoms with Gasteiger partial charge < -0.3 is 0 Å². The molecule has 20 heavy (non-hydrogen) atoms. The quantitative estimate of drug-likeness (QED) is 0.344. The third-order valence-corrected chi connectivity index (χ3v) is 4.80. The Kier molecular flexibility index (Phi) is 10.2. The molecule has 0 aromatic carbocycles. The maximum Gasteiger partial charge on any atom is 0.343 e. The van der Waals surface area contributed by atoms with Gasteiger partial charge in [-0.15, -0.1) is 5.10 Å². The summed E-state index contributed by atoms with van der Waals surface area (Å²) in [6, 6.07) is 0. The van der Waals surface area contributed by atoms with E-state index in [0.29, 0.717) is 0 Å². The van der Waals surface area contributed by atoms with Crippen molar-refractivity contribution in [3.05, 3.63) is 10.5 Å². The minimum absolute atomic E-state index is 0.0823. The van der Waals surface area contributed by atoms with Crippen molar-refractivity contribution >= 4 is 27.7 Å². The Morgan fingerprint density at radius 2 is 1.80 bits per heavy atom. The van der Waals surface area contributed by atoms with Crippen LogP contribution in [0.4, 0.5) is 0 Å². The summed E-state index contributed by atoms with van der Waals surface area (Å²) in [5.74, 6) is 1.05. The maximum absolute atomic E-state index is 11.5. The first kappa shape index (κ1) is 17.8. The molecule has 0 spiro atoms. The van der Waals surface area contributed by atoms with Crippen molar-refractivity contribution < 1.29 is 0 Å². The molecule has 1 N–H and O–H groups in total. The van der Waals surface area contributed by atoms with Gasteiger partial charge in [-0.25, -0.2) is 9.89 Å². The lowest BCUT2D eigenvalue weighted by molar-refractivity contribution is 0.599. The van der Waals surface area contributed by atoms with Crippen molar-refractivity contribution in [2.75, 3.05) is 11.1 Å². The van der Waals surface area contributed by atoms with Gasteiger partial charge in [0.15, 0.2) is 5.16 Å². The lowest BCUT2D eigenvalue weighted by Crippen LogP contribution is -2.17. The number of thioether (sulfide) groups is 1. The van der Waals surface area contributed by atoms with Gasteiger partial charge in [0.1, 0.15) is 0 Å². The number of alkyl halides is 1. The van der Waals surface area contributed by atoms with Crippen LogP contribution in [-0.4, -0.2) is 25.8 Å². The third-order valence-electron chi connectivity index (χ3n) is 3.18. The van der Waals surface area contributed by atoms with E-state index in [4.69, 9.17) is 0 Å². The number of unbranched alkanes of at least 4 members (excludes halogenated alkanes) is 6. The van der Waals surface area contributed by atoms with Crippen molar-refractivity contribution in [2.45, 2.75) is 70.0 Å². The van der Waals surface area contributed by atoms with Gasteiger partial charge in [-0.2, -0.15) is 0 Å². The van der Waals surface area contributed by atoms with Gasteiger partial charge in [-0.3, -0.25) is 4.57 Å². The molecule has 0 fully saturated rings. The lowest BCUT2D eigenvalue weighted by atomic mass is 10.1. The molecule has 0 aliphatic heterocycles. The van der Waals surface area contributed by atoms with Crippen LogP contribution in [0.25, 0.3) is 0 Å². The smallest absolute Gasteiger partial charge is 0.270 e. The second kappa shape index (κ2) is 11.4. The molecule has 116 valence electrons. The fourth-order valence-electron chi connectivity index (χ4n) is 2.08. The third kappa shape index (κ3) is 6.97. The fraction of sp³-hybridized carbons (Fsp3) is 0.857. The van der Waals surface area contributed by atoms with E-state index in [2.05, 4.69) is 33.1 Å². The van der Waals surface area contributed by atoms with E-state index in [1.807, 2.05) is 0 Å². The molecule has 1 aromatic heterocycles. The molecule has 0 amide bonds. The molecule has 1 rings (SSSR count). The fourth-order valence-corrected chi connectivity index (χ4v) is 3.45. The molecule has 0 atom stereocenters. The predicted octanol–water partition coefficient (Wildman–Crippen LogP) is 4.20. The Bertz CT molecular complexity index is 405. The largest absolute Gasteiger partial charge is 0.343 e. The van der Waals surface area contributed by atoms with Gasteiger partial charge in [-0.05, 0) is 19.3 Å². The SMILES string of the molecule is CCCn1c(SCCCCCCCCCBr)n[nH]c1=O. The van der Waals surface area contributed by atoms with Gasteiger partial charge in [-0.1, -0.05) is 66.7 Å². The summed E-state index contributed by atoms with van der Waals surface area (Å²) in [6.07, 6.45) is 10.1. The maximum atomic E-state index is 11.5. The highest BCUT2D eigenvalue weighted by molar-refractivity contribution is 9.09. The van der Waals surface area contributed by atoms with Gasteiger partial charge in [0.25, 0.3) is 0 Å². The zero-order valence-corrected chi connectivity index (χ0v) is 14.8. The highest BCUT2D eigenvalue weighted by Gasteiger charge is 2.07. The lowest BCUT2D eigenvalue weighted by Gasteiger charge is -2.04. The van der Waals surface area contributed by atoms with E-state index in [1.54, 1.807) is 16.3 Å². The molecule has 0 saturated heterocycles. The number of aromatic amines is 1. The van der Waals surface area contributed by atoms with E-state index in [9.17, 15) is 4.79 Å². The van der Waals surface area contributed by atoms with Gasteiger partial charge >= 0.3 is 5.69 Å². The Morgan fingerprint density at radius 3 is 2.45 bits per heavy atom. The predicted molar refractivity (Wildman–Crippen MR) is 90.0 cm³/mol. The summed E-state index contributed by atoms with van der Waals surface area (Å²) in [4.78, 5) is 11.5. The van der Waals surface area contributed by atoms with Gasteiger partial charge in [0.2, 0.25) is 0 Å². The highest BCUT2D eigenvalue weighted by atomic mass is 79.9. The zero-order valence-electron chi connectivity index (χ0n) is 12.4. The molecule has 1 heterocycles.